The molecule has 2 aromatic carbocycles. The highest BCUT2D eigenvalue weighted by atomic mass is 32.2. The Bertz CT molecular complexity index is 952. The van der Waals surface area contributed by atoms with Crippen molar-refractivity contribution in [2.24, 2.45) is 0 Å². The summed E-state index contributed by atoms with van der Waals surface area (Å²) < 4.78 is 37.8. The number of hydrogen-bond acceptors (Lipinski definition) is 5. The predicted octanol–water partition coefficient (Wildman–Crippen LogP) is 2.56. The summed E-state index contributed by atoms with van der Waals surface area (Å²) in [6.45, 7) is 3.87. The van der Waals surface area contributed by atoms with Crippen molar-refractivity contribution < 1.29 is 22.7 Å². The lowest BCUT2D eigenvalue weighted by atomic mass is 10.1. The zero-order valence-corrected chi connectivity index (χ0v) is 18.2. The molecule has 0 spiro atoms. The molecule has 0 saturated carbocycles. The van der Waals surface area contributed by atoms with Gasteiger partial charge in [-0.3, -0.25) is 4.79 Å². The fourth-order valence-corrected chi connectivity index (χ4v) is 4.90. The van der Waals surface area contributed by atoms with Crippen LogP contribution in [0.1, 0.15) is 18.9 Å². The van der Waals surface area contributed by atoms with E-state index in [-0.39, 0.29) is 23.9 Å². The van der Waals surface area contributed by atoms with Gasteiger partial charge in [0.1, 0.15) is 11.5 Å². The van der Waals surface area contributed by atoms with Crippen molar-refractivity contribution in [1.82, 2.24) is 9.21 Å². The molecule has 0 aromatic heterocycles. The molecule has 1 aliphatic rings. The molecule has 3 rings (SSSR count). The summed E-state index contributed by atoms with van der Waals surface area (Å²) in [5.74, 6) is 1.45. The van der Waals surface area contributed by atoms with Crippen molar-refractivity contribution in [2.75, 3.05) is 39.9 Å². The molecule has 0 aliphatic carbocycles. The van der Waals surface area contributed by atoms with Crippen LogP contribution in [0, 0.1) is 0 Å². The Kier molecular flexibility index (Phi) is 7.33. The minimum Gasteiger partial charge on any atom is -0.497 e. The Morgan fingerprint density at radius 3 is 2.30 bits per heavy atom. The normalized spacial score (nSPS) is 15.1. The van der Waals surface area contributed by atoms with Gasteiger partial charge in [0, 0.05) is 32.6 Å². The molecule has 0 radical (unpaired) electrons. The van der Waals surface area contributed by atoms with Gasteiger partial charge in [-0.15, -0.1) is 0 Å². The minimum absolute atomic E-state index is 0.0304. The number of nitrogens with zero attached hydrogens (tertiary/aromatic N) is 2. The number of benzene rings is 2. The third-order valence-corrected chi connectivity index (χ3v) is 7.08. The topological polar surface area (TPSA) is 76.2 Å². The van der Waals surface area contributed by atoms with Crippen LogP contribution in [0.2, 0.25) is 0 Å². The summed E-state index contributed by atoms with van der Waals surface area (Å²) in [5, 5.41) is 0. The zero-order valence-electron chi connectivity index (χ0n) is 17.4. The van der Waals surface area contributed by atoms with E-state index in [2.05, 4.69) is 0 Å². The number of aryl methyl sites for hydroxylation is 1. The lowest BCUT2D eigenvalue weighted by Crippen LogP contribution is -2.50. The standard InChI is InChI=1S/C22H28N2O5S/c1-3-29-21-7-5-4-6-18(21)8-13-22(25)23-14-16-24(17-15-23)30(26,27)20-11-9-19(28-2)10-12-20/h4-7,9-12H,3,8,13-17H2,1-2H3. The third kappa shape index (κ3) is 5.12. The Morgan fingerprint density at radius 1 is 1.00 bits per heavy atom. The summed E-state index contributed by atoms with van der Waals surface area (Å²) in [4.78, 5) is 14.6. The van der Waals surface area contributed by atoms with Crippen LogP contribution in [0.25, 0.3) is 0 Å². The number of carbonyl (C=O) groups is 1. The summed E-state index contributed by atoms with van der Waals surface area (Å²) >= 11 is 0. The van der Waals surface area contributed by atoms with Gasteiger partial charge in [-0.1, -0.05) is 18.2 Å². The lowest BCUT2D eigenvalue weighted by Gasteiger charge is -2.34. The van der Waals surface area contributed by atoms with E-state index < -0.39 is 10.0 Å². The molecule has 0 unspecified atom stereocenters. The van der Waals surface area contributed by atoms with E-state index in [4.69, 9.17) is 9.47 Å². The van der Waals surface area contributed by atoms with E-state index in [9.17, 15) is 13.2 Å². The van der Waals surface area contributed by atoms with Crippen molar-refractivity contribution in [1.29, 1.82) is 0 Å². The van der Waals surface area contributed by atoms with Gasteiger partial charge < -0.3 is 14.4 Å². The molecule has 0 atom stereocenters. The van der Waals surface area contributed by atoms with E-state index in [1.54, 1.807) is 29.2 Å². The lowest BCUT2D eigenvalue weighted by molar-refractivity contribution is -0.132. The molecule has 162 valence electrons. The molecule has 7 nitrogen and oxygen atoms in total. The summed E-state index contributed by atoms with van der Waals surface area (Å²) in [7, 11) is -2.04. The molecular formula is C22H28N2O5S. The predicted molar refractivity (Wildman–Crippen MR) is 114 cm³/mol. The SMILES string of the molecule is CCOc1ccccc1CCC(=O)N1CCN(S(=O)(=O)c2ccc(OC)cc2)CC1. The number of carbonyl (C=O) groups excluding carboxylic acids is 1. The number of piperazine rings is 1. The van der Waals surface area contributed by atoms with Crippen LogP contribution in [0.4, 0.5) is 0 Å². The third-order valence-electron chi connectivity index (χ3n) is 5.17. The minimum atomic E-state index is -3.58. The molecule has 30 heavy (non-hydrogen) atoms. The van der Waals surface area contributed by atoms with Gasteiger partial charge in [0.25, 0.3) is 0 Å². The molecule has 1 saturated heterocycles. The second kappa shape index (κ2) is 9.95. The average molecular weight is 433 g/mol. The number of para-hydroxylation sites is 1. The first-order chi connectivity index (χ1) is 14.5. The smallest absolute Gasteiger partial charge is 0.243 e. The van der Waals surface area contributed by atoms with Gasteiger partial charge in [-0.05, 0) is 49.2 Å². The van der Waals surface area contributed by atoms with Gasteiger partial charge >= 0.3 is 0 Å². The van der Waals surface area contributed by atoms with Crippen LogP contribution in [-0.2, 0) is 21.2 Å². The van der Waals surface area contributed by atoms with Crippen molar-refractivity contribution in [3.63, 3.8) is 0 Å². The van der Waals surface area contributed by atoms with Crippen LogP contribution in [0.15, 0.2) is 53.4 Å². The van der Waals surface area contributed by atoms with Crippen molar-refractivity contribution in [3.8, 4) is 11.5 Å². The van der Waals surface area contributed by atoms with Crippen molar-refractivity contribution in [3.05, 3.63) is 54.1 Å². The van der Waals surface area contributed by atoms with Gasteiger partial charge in [-0.2, -0.15) is 4.31 Å². The molecule has 8 heteroatoms. The first-order valence-corrected chi connectivity index (χ1v) is 11.5. The Morgan fingerprint density at radius 2 is 1.67 bits per heavy atom. The largest absolute Gasteiger partial charge is 0.497 e. The average Bonchev–Trinajstić information content (AvgIpc) is 2.78. The van der Waals surface area contributed by atoms with Crippen LogP contribution >= 0.6 is 0 Å². The highest BCUT2D eigenvalue weighted by Gasteiger charge is 2.30. The summed E-state index contributed by atoms with van der Waals surface area (Å²) in [6.07, 6.45) is 0.967. The molecule has 1 heterocycles. The maximum Gasteiger partial charge on any atom is 0.243 e. The summed E-state index contributed by atoms with van der Waals surface area (Å²) in [5.41, 5.74) is 1.01. The Balaban J connectivity index is 1.55. The van der Waals surface area contributed by atoms with Crippen LogP contribution < -0.4 is 9.47 Å². The van der Waals surface area contributed by atoms with Gasteiger partial charge in [-0.25, -0.2) is 8.42 Å². The van der Waals surface area contributed by atoms with E-state index in [1.807, 2.05) is 31.2 Å². The zero-order chi connectivity index (χ0) is 21.6. The van der Waals surface area contributed by atoms with Gasteiger partial charge in [0.2, 0.25) is 15.9 Å². The van der Waals surface area contributed by atoms with Crippen LogP contribution in [0.3, 0.4) is 0 Å². The molecule has 1 aliphatic heterocycles. The number of sulfonamides is 1. The Hall–Kier alpha value is -2.58. The van der Waals surface area contributed by atoms with E-state index in [0.29, 0.717) is 38.3 Å². The number of methoxy groups -OCH3 is 1. The van der Waals surface area contributed by atoms with Gasteiger partial charge in [0.05, 0.1) is 18.6 Å². The highest BCUT2D eigenvalue weighted by Crippen LogP contribution is 2.22. The maximum atomic E-state index is 12.8. The van der Waals surface area contributed by atoms with Gasteiger partial charge in [0.15, 0.2) is 0 Å². The van der Waals surface area contributed by atoms with E-state index >= 15 is 0 Å². The molecular weight excluding hydrogens is 404 g/mol. The maximum absolute atomic E-state index is 12.8. The number of amides is 1. The van der Waals surface area contributed by atoms with E-state index in [1.165, 1.54) is 11.4 Å². The molecule has 2 aromatic rings. The highest BCUT2D eigenvalue weighted by molar-refractivity contribution is 7.89. The second-order valence-electron chi connectivity index (χ2n) is 7.00. The van der Waals surface area contributed by atoms with Crippen molar-refractivity contribution in [2.45, 2.75) is 24.7 Å². The Labute approximate surface area is 178 Å². The monoisotopic (exact) mass is 432 g/mol. The molecule has 1 amide bonds. The van der Waals surface area contributed by atoms with Crippen LogP contribution in [-0.4, -0.2) is 63.4 Å². The number of ether oxygens (including phenoxy) is 2. The number of rotatable bonds is 8. The summed E-state index contributed by atoms with van der Waals surface area (Å²) in [6, 6.07) is 14.1. The first-order valence-electron chi connectivity index (χ1n) is 10.1. The fourth-order valence-electron chi connectivity index (χ4n) is 3.48. The van der Waals surface area contributed by atoms with Crippen LogP contribution in [0.5, 0.6) is 11.5 Å². The molecule has 1 fully saturated rings. The fraction of sp³-hybridized carbons (Fsp3) is 0.409. The number of hydrogen-bond donors (Lipinski definition) is 0. The molecule has 0 N–H and O–H groups in total. The molecule has 0 bridgehead atoms. The van der Waals surface area contributed by atoms with Crippen molar-refractivity contribution >= 4 is 15.9 Å². The quantitative estimate of drug-likeness (QED) is 0.641. The second-order valence-corrected chi connectivity index (χ2v) is 8.94. The first kappa shape index (κ1) is 22.1. The van der Waals surface area contributed by atoms with E-state index in [0.717, 1.165) is 11.3 Å².